The molecule has 1 fully saturated rings. The largest absolute Gasteiger partial charge is 0.495 e. The summed E-state index contributed by atoms with van der Waals surface area (Å²) in [7, 11) is -0.559. The number of rotatable bonds is 10. The number of methoxy groups -OCH3 is 2. The lowest BCUT2D eigenvalue weighted by atomic mass is 10.3. The molecule has 1 amide bonds. The molecule has 0 saturated heterocycles. The van der Waals surface area contributed by atoms with Crippen LogP contribution in [0.1, 0.15) is 12.8 Å². The minimum Gasteiger partial charge on any atom is -0.495 e. The van der Waals surface area contributed by atoms with Gasteiger partial charge in [0.05, 0.1) is 30.8 Å². The van der Waals surface area contributed by atoms with Crippen LogP contribution in [0.25, 0.3) is 0 Å². The van der Waals surface area contributed by atoms with Gasteiger partial charge in [-0.15, -0.1) is 12.4 Å². The molecule has 0 atom stereocenters. The Bertz CT molecular complexity index is 680. The third kappa shape index (κ3) is 6.79. The van der Waals surface area contributed by atoms with E-state index in [0.29, 0.717) is 24.6 Å². The van der Waals surface area contributed by atoms with Crippen molar-refractivity contribution in [2.24, 2.45) is 0 Å². The van der Waals surface area contributed by atoms with Gasteiger partial charge >= 0.3 is 0 Å². The SMILES string of the molecule is COCCNCC(=O)Nc1cc(S(=O)(=O)NC2CC2)ccc1OC.Cl. The molecule has 0 bridgehead atoms. The van der Waals surface area contributed by atoms with Crippen LogP contribution < -0.4 is 20.1 Å². The van der Waals surface area contributed by atoms with Crippen LogP contribution in [-0.2, 0) is 19.6 Å². The van der Waals surface area contributed by atoms with E-state index in [1.165, 1.54) is 25.3 Å². The van der Waals surface area contributed by atoms with Gasteiger partial charge < -0.3 is 20.1 Å². The Balaban J connectivity index is 0.00000312. The summed E-state index contributed by atoms with van der Waals surface area (Å²) in [5.74, 6) is 0.0970. The van der Waals surface area contributed by atoms with E-state index in [2.05, 4.69) is 15.4 Å². The smallest absolute Gasteiger partial charge is 0.240 e. The third-order valence-corrected chi connectivity index (χ3v) is 4.94. The van der Waals surface area contributed by atoms with Crippen molar-refractivity contribution in [3.05, 3.63) is 18.2 Å². The van der Waals surface area contributed by atoms with Gasteiger partial charge in [-0.3, -0.25) is 4.79 Å². The molecule has 0 heterocycles. The van der Waals surface area contributed by atoms with Gasteiger partial charge in [0.25, 0.3) is 0 Å². The second-order valence-corrected chi connectivity index (χ2v) is 7.19. The molecule has 1 aliphatic rings. The first-order chi connectivity index (χ1) is 11.5. The maximum atomic E-state index is 12.3. The summed E-state index contributed by atoms with van der Waals surface area (Å²) in [6.07, 6.45) is 1.71. The summed E-state index contributed by atoms with van der Waals surface area (Å²) < 4.78 is 37.2. The number of carbonyl (C=O) groups is 1. The van der Waals surface area contributed by atoms with Crippen molar-refractivity contribution in [1.29, 1.82) is 0 Å². The fraction of sp³-hybridized carbons (Fsp3) is 0.533. The zero-order valence-corrected chi connectivity index (χ0v) is 15.8. The first-order valence-electron chi connectivity index (χ1n) is 7.66. The topological polar surface area (TPSA) is 106 Å². The molecule has 0 aromatic heterocycles. The Hall–Kier alpha value is -1.39. The van der Waals surface area contributed by atoms with E-state index in [9.17, 15) is 13.2 Å². The maximum absolute atomic E-state index is 12.3. The average Bonchev–Trinajstić information content (AvgIpc) is 3.35. The highest BCUT2D eigenvalue weighted by Gasteiger charge is 2.28. The van der Waals surface area contributed by atoms with E-state index < -0.39 is 10.0 Å². The Labute approximate surface area is 154 Å². The van der Waals surface area contributed by atoms with Crippen LogP contribution in [0.4, 0.5) is 5.69 Å². The number of hydrogen-bond acceptors (Lipinski definition) is 6. The van der Waals surface area contributed by atoms with Crippen molar-refractivity contribution in [2.45, 2.75) is 23.8 Å². The monoisotopic (exact) mass is 393 g/mol. The number of ether oxygens (including phenoxy) is 2. The lowest BCUT2D eigenvalue weighted by Gasteiger charge is -2.13. The number of benzene rings is 1. The van der Waals surface area contributed by atoms with E-state index >= 15 is 0 Å². The van der Waals surface area contributed by atoms with Crippen LogP contribution >= 0.6 is 12.4 Å². The Morgan fingerprint density at radius 3 is 2.60 bits per heavy atom. The van der Waals surface area contributed by atoms with Crippen molar-refractivity contribution in [2.75, 3.05) is 39.2 Å². The van der Waals surface area contributed by atoms with E-state index in [1.807, 2.05) is 0 Å². The summed E-state index contributed by atoms with van der Waals surface area (Å²) in [4.78, 5) is 12.1. The van der Waals surface area contributed by atoms with Gasteiger partial charge in [-0.05, 0) is 31.0 Å². The zero-order chi connectivity index (χ0) is 17.6. The van der Waals surface area contributed by atoms with Gasteiger partial charge in [0.2, 0.25) is 15.9 Å². The summed E-state index contributed by atoms with van der Waals surface area (Å²) in [5, 5.41) is 5.57. The zero-order valence-electron chi connectivity index (χ0n) is 14.2. The first kappa shape index (κ1) is 21.7. The lowest BCUT2D eigenvalue weighted by molar-refractivity contribution is -0.115. The minimum atomic E-state index is -3.59. The molecule has 0 spiro atoms. The molecule has 0 aliphatic heterocycles. The molecule has 1 aliphatic carbocycles. The molecule has 0 unspecified atom stereocenters. The van der Waals surface area contributed by atoms with Crippen LogP contribution in [0.5, 0.6) is 5.75 Å². The van der Waals surface area contributed by atoms with Crippen molar-refractivity contribution < 1.29 is 22.7 Å². The molecule has 0 radical (unpaired) electrons. The second kappa shape index (κ2) is 9.93. The van der Waals surface area contributed by atoms with Crippen molar-refractivity contribution in [1.82, 2.24) is 10.0 Å². The highest BCUT2D eigenvalue weighted by atomic mass is 35.5. The second-order valence-electron chi connectivity index (χ2n) is 5.48. The lowest BCUT2D eigenvalue weighted by Crippen LogP contribution is -2.30. The number of halogens is 1. The van der Waals surface area contributed by atoms with Crippen molar-refractivity contribution in [3.63, 3.8) is 0 Å². The molecule has 3 N–H and O–H groups in total. The van der Waals surface area contributed by atoms with Crippen molar-refractivity contribution >= 4 is 34.0 Å². The van der Waals surface area contributed by atoms with Gasteiger partial charge in [0.15, 0.2) is 0 Å². The van der Waals surface area contributed by atoms with Crippen LogP contribution in [0.15, 0.2) is 23.1 Å². The van der Waals surface area contributed by atoms with Gasteiger partial charge in [0.1, 0.15) is 5.75 Å². The number of amides is 1. The highest BCUT2D eigenvalue weighted by molar-refractivity contribution is 7.89. The van der Waals surface area contributed by atoms with E-state index in [4.69, 9.17) is 9.47 Å². The molecule has 8 nitrogen and oxygen atoms in total. The Morgan fingerprint density at radius 1 is 1.28 bits per heavy atom. The number of nitrogens with one attached hydrogen (secondary N) is 3. The number of carbonyl (C=O) groups excluding carboxylic acids is 1. The molecular formula is C15H24ClN3O5S. The summed E-state index contributed by atoms with van der Waals surface area (Å²) in [5.41, 5.74) is 0.315. The molecule has 25 heavy (non-hydrogen) atoms. The van der Waals surface area contributed by atoms with Crippen LogP contribution in [-0.4, -0.2) is 54.3 Å². The fourth-order valence-corrected chi connectivity index (χ4v) is 3.34. The summed E-state index contributed by atoms with van der Waals surface area (Å²) in [6, 6.07) is 4.39. The molecular weight excluding hydrogens is 370 g/mol. The number of sulfonamides is 1. The summed E-state index contributed by atoms with van der Waals surface area (Å²) >= 11 is 0. The van der Waals surface area contributed by atoms with Crippen LogP contribution in [0.2, 0.25) is 0 Å². The predicted octanol–water partition coefficient (Wildman–Crippen LogP) is 0.732. The minimum absolute atomic E-state index is 0. The summed E-state index contributed by atoms with van der Waals surface area (Å²) in [6.45, 7) is 1.13. The predicted molar refractivity (Wildman–Crippen MR) is 97.0 cm³/mol. The fourth-order valence-electron chi connectivity index (χ4n) is 2.01. The van der Waals surface area contributed by atoms with Gasteiger partial charge in [-0.2, -0.15) is 0 Å². The van der Waals surface area contributed by atoms with Gasteiger partial charge in [-0.25, -0.2) is 13.1 Å². The van der Waals surface area contributed by atoms with Gasteiger partial charge in [0, 0.05) is 19.7 Å². The average molecular weight is 394 g/mol. The molecule has 10 heteroatoms. The number of anilines is 1. The Morgan fingerprint density at radius 2 is 2.00 bits per heavy atom. The molecule has 1 aromatic carbocycles. The first-order valence-corrected chi connectivity index (χ1v) is 9.14. The van der Waals surface area contributed by atoms with E-state index in [0.717, 1.165) is 12.8 Å². The van der Waals surface area contributed by atoms with E-state index in [-0.39, 0.29) is 35.8 Å². The molecule has 1 saturated carbocycles. The quantitative estimate of drug-likeness (QED) is 0.506. The highest BCUT2D eigenvalue weighted by Crippen LogP contribution is 2.29. The van der Waals surface area contributed by atoms with Crippen LogP contribution in [0, 0.1) is 0 Å². The molecule has 2 rings (SSSR count). The normalized spacial score (nSPS) is 13.8. The van der Waals surface area contributed by atoms with E-state index in [1.54, 1.807) is 7.11 Å². The maximum Gasteiger partial charge on any atom is 0.240 e. The Kier molecular flexibility index (Phi) is 8.60. The molecule has 1 aromatic rings. The van der Waals surface area contributed by atoms with Crippen molar-refractivity contribution in [3.8, 4) is 5.75 Å². The standard InChI is InChI=1S/C15H23N3O5S.ClH/c1-22-8-7-16-10-15(19)17-13-9-12(5-6-14(13)23-2)24(20,21)18-11-3-4-11;/h5-6,9,11,16,18H,3-4,7-8,10H2,1-2H3,(H,17,19);1H. The third-order valence-electron chi connectivity index (χ3n) is 3.42. The van der Waals surface area contributed by atoms with Gasteiger partial charge in [-0.1, -0.05) is 0 Å². The number of hydrogen-bond donors (Lipinski definition) is 3. The van der Waals surface area contributed by atoms with Crippen LogP contribution in [0.3, 0.4) is 0 Å². The molecule has 142 valence electrons.